The van der Waals surface area contributed by atoms with Gasteiger partial charge in [0.05, 0.1) is 0 Å². The second-order valence-corrected chi connectivity index (χ2v) is 4.93. The lowest BCUT2D eigenvalue weighted by molar-refractivity contribution is 0.0522. The molecule has 0 radical (unpaired) electrons. The van der Waals surface area contributed by atoms with Crippen molar-refractivity contribution in [2.45, 2.75) is 19.8 Å². The fourth-order valence-electron chi connectivity index (χ4n) is 1.93. The Morgan fingerprint density at radius 1 is 1.13 bits per heavy atom. The molecule has 1 N–H and O–H groups in total. The lowest BCUT2D eigenvalue weighted by atomic mass is 10.2. The summed E-state index contributed by atoms with van der Waals surface area (Å²) >= 11 is 0. The molecule has 6 heteroatoms. The summed E-state index contributed by atoms with van der Waals surface area (Å²) in [5.74, 6) is -1.53. The number of aromatic nitrogens is 1. The first kappa shape index (κ1) is 16.8. The fraction of sp³-hybridized carbons (Fsp3) is 0.235. The molecule has 23 heavy (non-hydrogen) atoms. The summed E-state index contributed by atoms with van der Waals surface area (Å²) in [6.45, 7) is 2.48. The normalized spacial score (nSPS) is 10.3. The molecule has 0 bridgehead atoms. The highest BCUT2D eigenvalue weighted by atomic mass is 19.1. The molecule has 2 aromatic rings. The van der Waals surface area contributed by atoms with Crippen molar-refractivity contribution >= 4 is 11.8 Å². The van der Waals surface area contributed by atoms with Crippen LogP contribution in [0.25, 0.3) is 0 Å². The highest BCUT2D eigenvalue weighted by Gasteiger charge is 2.24. The van der Waals surface area contributed by atoms with Crippen LogP contribution in [0.1, 0.15) is 40.6 Å². The van der Waals surface area contributed by atoms with Crippen LogP contribution >= 0.6 is 0 Å². The summed E-state index contributed by atoms with van der Waals surface area (Å²) in [4.78, 5) is 29.1. The lowest BCUT2D eigenvalue weighted by Gasteiger charge is -2.21. The first-order chi connectivity index (χ1) is 11.1. The van der Waals surface area contributed by atoms with Crippen LogP contribution in [0.4, 0.5) is 4.39 Å². The van der Waals surface area contributed by atoms with E-state index in [1.807, 2.05) is 6.92 Å². The number of unbranched alkanes of at least 4 members (excludes halogenated alkanes) is 1. The van der Waals surface area contributed by atoms with Crippen molar-refractivity contribution in [2.75, 3.05) is 6.54 Å². The highest BCUT2D eigenvalue weighted by molar-refractivity contribution is 6.09. The number of amides is 2. The summed E-state index contributed by atoms with van der Waals surface area (Å²) in [5.41, 5.74) is 3.21. The van der Waals surface area contributed by atoms with E-state index in [9.17, 15) is 14.0 Å². The number of halogens is 1. The summed E-state index contributed by atoms with van der Waals surface area (Å²) in [5, 5.41) is 0.936. The topological polar surface area (TPSA) is 62.3 Å². The minimum Gasteiger partial charge on any atom is -0.267 e. The van der Waals surface area contributed by atoms with E-state index in [4.69, 9.17) is 0 Å². The number of carbonyl (C=O) groups excluding carboxylic acids is 2. The minimum absolute atomic E-state index is 0.159. The van der Waals surface area contributed by atoms with Gasteiger partial charge in [0.15, 0.2) is 0 Å². The summed E-state index contributed by atoms with van der Waals surface area (Å²) in [6, 6.07) is 9.95. The molecule has 120 valence electrons. The molecule has 0 spiro atoms. The summed E-state index contributed by atoms with van der Waals surface area (Å²) in [7, 11) is 0. The zero-order chi connectivity index (χ0) is 16.7. The third kappa shape index (κ3) is 4.43. The smallest absolute Gasteiger partial charge is 0.267 e. The molecule has 0 aliphatic heterocycles. The maximum atomic E-state index is 13.0. The molecule has 0 saturated carbocycles. The van der Waals surface area contributed by atoms with Crippen molar-refractivity contribution in [1.29, 1.82) is 0 Å². The molecule has 1 aromatic carbocycles. The highest BCUT2D eigenvalue weighted by Crippen LogP contribution is 2.09. The van der Waals surface area contributed by atoms with Gasteiger partial charge in [-0.2, -0.15) is 0 Å². The van der Waals surface area contributed by atoms with E-state index in [-0.39, 0.29) is 11.3 Å². The molecule has 0 aliphatic carbocycles. The van der Waals surface area contributed by atoms with Crippen LogP contribution in [0.15, 0.2) is 48.7 Å². The van der Waals surface area contributed by atoms with Gasteiger partial charge in [0.1, 0.15) is 11.5 Å². The van der Waals surface area contributed by atoms with Crippen molar-refractivity contribution in [1.82, 2.24) is 15.4 Å². The van der Waals surface area contributed by atoms with E-state index >= 15 is 0 Å². The monoisotopic (exact) mass is 315 g/mol. The van der Waals surface area contributed by atoms with Gasteiger partial charge in [0.25, 0.3) is 11.8 Å². The summed E-state index contributed by atoms with van der Waals surface area (Å²) in [6.07, 6.45) is 3.21. The van der Waals surface area contributed by atoms with E-state index < -0.39 is 17.6 Å². The van der Waals surface area contributed by atoms with Gasteiger partial charge in [-0.1, -0.05) is 19.4 Å². The van der Waals surface area contributed by atoms with Crippen molar-refractivity contribution in [2.24, 2.45) is 0 Å². The Morgan fingerprint density at radius 2 is 1.87 bits per heavy atom. The van der Waals surface area contributed by atoms with Crippen LogP contribution in [0.2, 0.25) is 0 Å². The first-order valence-electron chi connectivity index (χ1n) is 7.42. The molecule has 2 amide bonds. The van der Waals surface area contributed by atoms with Gasteiger partial charge in [0.2, 0.25) is 0 Å². The number of hydrazine groups is 1. The minimum atomic E-state index is -0.545. The van der Waals surface area contributed by atoms with E-state index in [0.717, 1.165) is 17.9 Å². The van der Waals surface area contributed by atoms with Crippen LogP contribution in [0.5, 0.6) is 0 Å². The Kier molecular flexibility index (Phi) is 5.94. The Labute approximate surface area is 134 Å². The third-order valence-corrected chi connectivity index (χ3v) is 3.18. The Bertz CT molecular complexity index is 659. The largest absolute Gasteiger partial charge is 0.293 e. The fourth-order valence-corrected chi connectivity index (χ4v) is 1.93. The van der Waals surface area contributed by atoms with Crippen LogP contribution < -0.4 is 5.43 Å². The Morgan fingerprint density at radius 3 is 2.48 bits per heavy atom. The van der Waals surface area contributed by atoms with Crippen molar-refractivity contribution in [3.05, 3.63) is 65.7 Å². The van der Waals surface area contributed by atoms with Crippen molar-refractivity contribution in [3.63, 3.8) is 0 Å². The van der Waals surface area contributed by atoms with Gasteiger partial charge in [-0.3, -0.25) is 14.6 Å². The van der Waals surface area contributed by atoms with E-state index in [2.05, 4.69) is 10.4 Å². The van der Waals surface area contributed by atoms with Crippen LogP contribution in [0, 0.1) is 5.82 Å². The van der Waals surface area contributed by atoms with Gasteiger partial charge in [-0.15, -0.1) is 0 Å². The number of hydrogen-bond donors (Lipinski definition) is 1. The SMILES string of the molecule is CCCCNN(C(=O)c1ccc(F)cc1)C(=O)c1ccccn1. The predicted molar refractivity (Wildman–Crippen MR) is 84.0 cm³/mol. The number of nitrogens with one attached hydrogen (secondary N) is 1. The number of hydrogen-bond acceptors (Lipinski definition) is 4. The van der Waals surface area contributed by atoms with Gasteiger partial charge >= 0.3 is 0 Å². The number of benzene rings is 1. The standard InChI is InChI=1S/C17H18FN3O2/c1-2-3-12-20-21(17(23)15-6-4-5-11-19-15)16(22)13-7-9-14(18)10-8-13/h4-11,20H,2-3,12H2,1H3. The van der Waals surface area contributed by atoms with E-state index in [1.54, 1.807) is 12.1 Å². The molecule has 5 nitrogen and oxygen atoms in total. The van der Waals surface area contributed by atoms with Crippen LogP contribution in [-0.2, 0) is 0 Å². The molecule has 0 unspecified atom stereocenters. The van der Waals surface area contributed by atoms with Gasteiger partial charge < -0.3 is 0 Å². The van der Waals surface area contributed by atoms with Crippen LogP contribution in [-0.4, -0.2) is 28.4 Å². The Hall–Kier alpha value is -2.60. The third-order valence-electron chi connectivity index (χ3n) is 3.18. The molecule has 2 rings (SSSR count). The van der Waals surface area contributed by atoms with Crippen LogP contribution in [0.3, 0.4) is 0 Å². The van der Waals surface area contributed by atoms with E-state index in [0.29, 0.717) is 6.54 Å². The van der Waals surface area contributed by atoms with Gasteiger partial charge in [-0.25, -0.2) is 14.8 Å². The molecular formula is C17H18FN3O2. The first-order valence-corrected chi connectivity index (χ1v) is 7.42. The predicted octanol–water partition coefficient (Wildman–Crippen LogP) is 2.81. The zero-order valence-electron chi connectivity index (χ0n) is 12.8. The second-order valence-electron chi connectivity index (χ2n) is 4.93. The second kappa shape index (κ2) is 8.14. The molecular weight excluding hydrogens is 297 g/mol. The lowest BCUT2D eigenvalue weighted by Crippen LogP contribution is -2.47. The number of nitrogens with zero attached hydrogens (tertiary/aromatic N) is 2. The maximum absolute atomic E-state index is 13.0. The molecule has 0 aliphatic rings. The number of pyridine rings is 1. The van der Waals surface area contributed by atoms with Crippen molar-refractivity contribution in [3.8, 4) is 0 Å². The maximum Gasteiger partial charge on any atom is 0.293 e. The van der Waals surface area contributed by atoms with Crippen molar-refractivity contribution < 1.29 is 14.0 Å². The number of carbonyl (C=O) groups is 2. The zero-order valence-corrected chi connectivity index (χ0v) is 12.8. The van der Waals surface area contributed by atoms with Gasteiger partial charge in [-0.05, 0) is 42.8 Å². The molecule has 0 saturated heterocycles. The number of imide groups is 1. The Balaban J connectivity index is 2.24. The quantitative estimate of drug-likeness (QED) is 0.506. The van der Waals surface area contributed by atoms with E-state index in [1.165, 1.54) is 36.5 Å². The molecule has 1 heterocycles. The average molecular weight is 315 g/mol. The van der Waals surface area contributed by atoms with Gasteiger partial charge in [0, 0.05) is 18.3 Å². The molecule has 0 fully saturated rings. The average Bonchev–Trinajstić information content (AvgIpc) is 2.59. The molecule has 0 atom stereocenters. The molecule has 1 aromatic heterocycles. The summed E-state index contributed by atoms with van der Waals surface area (Å²) < 4.78 is 13.0. The number of rotatable bonds is 6.